The lowest BCUT2D eigenvalue weighted by atomic mass is 10.2. The molecule has 92 valence electrons. The minimum absolute atomic E-state index is 0.337. The standard InChI is InChI=1S/C12H15ClN2O2/c13-15-5-3-14(4-6-15)8-10-1-2-11-12(7-10)17-9-16-11/h1-2,7H,3-6,8-9H2. The zero-order chi connectivity index (χ0) is 11.7. The molecule has 17 heavy (non-hydrogen) atoms. The third-order valence-corrected chi connectivity index (χ3v) is 3.50. The van der Waals surface area contributed by atoms with E-state index in [0.717, 1.165) is 44.2 Å². The van der Waals surface area contributed by atoms with Gasteiger partial charge in [0.15, 0.2) is 11.5 Å². The van der Waals surface area contributed by atoms with Gasteiger partial charge in [-0.15, -0.1) is 0 Å². The first-order valence-electron chi connectivity index (χ1n) is 5.83. The molecule has 2 heterocycles. The number of piperazine rings is 1. The molecule has 1 saturated heterocycles. The summed E-state index contributed by atoms with van der Waals surface area (Å²) < 4.78 is 12.5. The highest BCUT2D eigenvalue weighted by atomic mass is 35.5. The number of fused-ring (bicyclic) bond motifs is 1. The molecule has 2 aliphatic heterocycles. The number of ether oxygens (including phenoxy) is 2. The molecule has 0 unspecified atom stereocenters. The Morgan fingerprint density at radius 2 is 1.82 bits per heavy atom. The second-order valence-electron chi connectivity index (χ2n) is 4.37. The van der Waals surface area contributed by atoms with Crippen LogP contribution in [0.1, 0.15) is 5.56 Å². The lowest BCUT2D eigenvalue weighted by Gasteiger charge is -2.30. The molecular weight excluding hydrogens is 240 g/mol. The Labute approximate surface area is 106 Å². The van der Waals surface area contributed by atoms with E-state index >= 15 is 0 Å². The van der Waals surface area contributed by atoms with Crippen LogP contribution in [0.2, 0.25) is 0 Å². The first-order valence-corrected chi connectivity index (χ1v) is 6.17. The fourth-order valence-corrected chi connectivity index (χ4v) is 2.33. The van der Waals surface area contributed by atoms with Crippen molar-refractivity contribution in [2.75, 3.05) is 33.0 Å². The largest absolute Gasteiger partial charge is 0.454 e. The van der Waals surface area contributed by atoms with E-state index in [0.29, 0.717) is 6.79 Å². The van der Waals surface area contributed by atoms with Gasteiger partial charge in [0, 0.05) is 32.7 Å². The van der Waals surface area contributed by atoms with Gasteiger partial charge < -0.3 is 9.47 Å². The molecule has 0 spiro atoms. The van der Waals surface area contributed by atoms with Crippen LogP contribution in [0.25, 0.3) is 0 Å². The molecule has 3 rings (SSSR count). The van der Waals surface area contributed by atoms with Crippen LogP contribution in [0.15, 0.2) is 18.2 Å². The molecule has 0 saturated carbocycles. The van der Waals surface area contributed by atoms with Crippen LogP contribution in [0, 0.1) is 0 Å². The van der Waals surface area contributed by atoms with Gasteiger partial charge in [0.2, 0.25) is 6.79 Å². The lowest BCUT2D eigenvalue weighted by Crippen LogP contribution is -2.41. The third-order valence-electron chi connectivity index (χ3n) is 3.16. The third kappa shape index (κ3) is 2.49. The molecule has 5 heteroatoms. The topological polar surface area (TPSA) is 24.9 Å². The maximum absolute atomic E-state index is 5.93. The van der Waals surface area contributed by atoms with E-state index in [9.17, 15) is 0 Å². The fraction of sp³-hybridized carbons (Fsp3) is 0.500. The SMILES string of the molecule is ClN1CCN(Cc2ccc3c(c2)OCO3)CC1. The molecule has 1 aromatic rings. The van der Waals surface area contributed by atoms with Gasteiger partial charge in [0.1, 0.15) is 0 Å². The van der Waals surface area contributed by atoms with Gasteiger partial charge in [-0.25, -0.2) is 4.42 Å². The molecule has 0 aliphatic carbocycles. The summed E-state index contributed by atoms with van der Waals surface area (Å²) in [6, 6.07) is 6.14. The van der Waals surface area contributed by atoms with Crippen molar-refractivity contribution in [3.63, 3.8) is 0 Å². The number of hydrogen-bond acceptors (Lipinski definition) is 4. The fourth-order valence-electron chi connectivity index (χ4n) is 2.18. The zero-order valence-corrected chi connectivity index (χ0v) is 10.3. The van der Waals surface area contributed by atoms with Crippen molar-refractivity contribution >= 4 is 11.8 Å². The first-order chi connectivity index (χ1) is 8.31. The van der Waals surface area contributed by atoms with Crippen LogP contribution in [-0.4, -0.2) is 42.3 Å². The van der Waals surface area contributed by atoms with E-state index in [-0.39, 0.29) is 0 Å². The smallest absolute Gasteiger partial charge is 0.231 e. The summed E-state index contributed by atoms with van der Waals surface area (Å²) in [6.07, 6.45) is 0. The first kappa shape index (κ1) is 11.1. The Hall–Kier alpha value is -0.970. The van der Waals surface area contributed by atoms with E-state index in [1.54, 1.807) is 0 Å². The molecule has 2 aliphatic rings. The molecule has 0 bridgehead atoms. The van der Waals surface area contributed by atoms with Gasteiger partial charge in [0.05, 0.1) is 0 Å². The van der Waals surface area contributed by atoms with Crippen molar-refractivity contribution in [1.29, 1.82) is 0 Å². The van der Waals surface area contributed by atoms with Gasteiger partial charge >= 0.3 is 0 Å². The van der Waals surface area contributed by atoms with Crippen LogP contribution in [-0.2, 0) is 6.54 Å². The van der Waals surface area contributed by atoms with Crippen molar-refractivity contribution in [3.8, 4) is 11.5 Å². The molecule has 0 aromatic heterocycles. The van der Waals surface area contributed by atoms with Crippen molar-refractivity contribution in [1.82, 2.24) is 9.32 Å². The van der Waals surface area contributed by atoms with Crippen molar-refractivity contribution in [2.45, 2.75) is 6.54 Å². The number of hydrogen-bond donors (Lipinski definition) is 0. The van der Waals surface area contributed by atoms with E-state index in [2.05, 4.69) is 17.0 Å². The monoisotopic (exact) mass is 254 g/mol. The highest BCUT2D eigenvalue weighted by molar-refractivity contribution is 6.13. The summed E-state index contributed by atoms with van der Waals surface area (Å²) in [6.45, 7) is 5.15. The molecule has 0 atom stereocenters. The second kappa shape index (κ2) is 4.72. The highest BCUT2D eigenvalue weighted by Gasteiger charge is 2.17. The number of benzene rings is 1. The van der Waals surface area contributed by atoms with Crippen LogP contribution in [0.4, 0.5) is 0 Å². The number of nitrogens with zero attached hydrogens (tertiary/aromatic N) is 2. The van der Waals surface area contributed by atoms with Crippen LogP contribution in [0.5, 0.6) is 11.5 Å². The number of rotatable bonds is 2. The maximum Gasteiger partial charge on any atom is 0.231 e. The van der Waals surface area contributed by atoms with E-state index in [4.69, 9.17) is 21.3 Å². The lowest BCUT2D eigenvalue weighted by molar-refractivity contribution is 0.173. The molecular formula is C12H15ClN2O2. The summed E-state index contributed by atoms with van der Waals surface area (Å²) in [5, 5.41) is 0. The van der Waals surface area contributed by atoms with E-state index < -0.39 is 0 Å². The van der Waals surface area contributed by atoms with E-state index in [1.807, 2.05) is 10.5 Å². The molecule has 0 radical (unpaired) electrons. The van der Waals surface area contributed by atoms with Crippen molar-refractivity contribution < 1.29 is 9.47 Å². The highest BCUT2D eigenvalue weighted by Crippen LogP contribution is 2.32. The predicted molar refractivity (Wildman–Crippen MR) is 65.3 cm³/mol. The normalized spacial score (nSPS) is 20.8. The zero-order valence-electron chi connectivity index (χ0n) is 9.56. The minimum Gasteiger partial charge on any atom is -0.454 e. The molecule has 4 nitrogen and oxygen atoms in total. The summed E-state index contributed by atoms with van der Waals surface area (Å²) in [4.78, 5) is 2.40. The average Bonchev–Trinajstić information content (AvgIpc) is 2.79. The van der Waals surface area contributed by atoms with Gasteiger partial charge in [-0.1, -0.05) is 6.07 Å². The Morgan fingerprint density at radius 1 is 1.06 bits per heavy atom. The van der Waals surface area contributed by atoms with Crippen LogP contribution < -0.4 is 9.47 Å². The second-order valence-corrected chi connectivity index (χ2v) is 4.85. The molecule has 0 N–H and O–H groups in total. The summed E-state index contributed by atoms with van der Waals surface area (Å²) >= 11 is 5.93. The summed E-state index contributed by atoms with van der Waals surface area (Å²) in [5.74, 6) is 1.71. The minimum atomic E-state index is 0.337. The van der Waals surface area contributed by atoms with Crippen LogP contribution >= 0.6 is 11.8 Å². The molecule has 0 amide bonds. The van der Waals surface area contributed by atoms with Crippen molar-refractivity contribution in [2.24, 2.45) is 0 Å². The van der Waals surface area contributed by atoms with E-state index in [1.165, 1.54) is 5.56 Å². The maximum atomic E-state index is 5.93. The Kier molecular flexibility index (Phi) is 3.09. The summed E-state index contributed by atoms with van der Waals surface area (Å²) in [5.41, 5.74) is 1.26. The Balaban J connectivity index is 1.65. The van der Waals surface area contributed by atoms with Gasteiger partial charge in [0.25, 0.3) is 0 Å². The van der Waals surface area contributed by atoms with Gasteiger partial charge in [-0.05, 0) is 29.5 Å². The van der Waals surface area contributed by atoms with Crippen LogP contribution in [0.3, 0.4) is 0 Å². The molecule has 1 aromatic carbocycles. The number of halogens is 1. The quantitative estimate of drug-likeness (QED) is 0.750. The van der Waals surface area contributed by atoms with Crippen molar-refractivity contribution in [3.05, 3.63) is 23.8 Å². The Morgan fingerprint density at radius 3 is 2.65 bits per heavy atom. The Bertz CT molecular complexity index is 405. The summed E-state index contributed by atoms with van der Waals surface area (Å²) in [7, 11) is 0. The van der Waals surface area contributed by atoms with Gasteiger partial charge in [-0.2, -0.15) is 0 Å². The van der Waals surface area contributed by atoms with Gasteiger partial charge in [-0.3, -0.25) is 4.90 Å². The molecule has 1 fully saturated rings. The predicted octanol–water partition coefficient (Wildman–Crippen LogP) is 1.69. The average molecular weight is 255 g/mol.